The molecule has 0 bridgehead atoms. The molecule has 0 aromatic carbocycles. The second kappa shape index (κ2) is 6.19. The molecule has 5 nitrogen and oxygen atoms in total. The van der Waals surface area contributed by atoms with E-state index >= 15 is 0 Å². The summed E-state index contributed by atoms with van der Waals surface area (Å²) in [6, 6.07) is 0. The van der Waals surface area contributed by atoms with Crippen LogP contribution in [-0.2, 0) is 11.2 Å². The molecule has 1 aromatic rings. The van der Waals surface area contributed by atoms with Gasteiger partial charge in [0.25, 0.3) is 0 Å². The SMILES string of the molecule is CCNc1nc(CC)nc(N2CCC(OC)C2)c1C. The number of nitrogens with zero attached hydrogens (tertiary/aromatic N) is 3. The van der Waals surface area contributed by atoms with Crippen molar-refractivity contribution in [3.8, 4) is 0 Å². The van der Waals surface area contributed by atoms with Crippen molar-refractivity contribution in [2.75, 3.05) is 37.0 Å². The minimum atomic E-state index is 0.321. The van der Waals surface area contributed by atoms with Crippen LogP contribution in [-0.4, -0.2) is 42.8 Å². The number of methoxy groups -OCH3 is 1. The number of ether oxygens (including phenoxy) is 1. The highest BCUT2D eigenvalue weighted by Crippen LogP contribution is 2.27. The molecule has 1 N–H and O–H groups in total. The monoisotopic (exact) mass is 264 g/mol. The lowest BCUT2D eigenvalue weighted by Crippen LogP contribution is -2.25. The summed E-state index contributed by atoms with van der Waals surface area (Å²) in [7, 11) is 1.78. The van der Waals surface area contributed by atoms with Gasteiger partial charge in [0, 0.05) is 38.7 Å². The molecule has 1 aliphatic rings. The Morgan fingerprint density at radius 1 is 1.37 bits per heavy atom. The third kappa shape index (κ3) is 2.97. The molecule has 1 atom stereocenters. The van der Waals surface area contributed by atoms with Gasteiger partial charge >= 0.3 is 0 Å². The standard InChI is InChI=1S/C14H24N4O/c1-5-12-16-13(15-6-2)10(3)14(17-12)18-8-7-11(9-18)19-4/h11H,5-9H2,1-4H3,(H,15,16,17). The van der Waals surface area contributed by atoms with E-state index in [9.17, 15) is 0 Å². The summed E-state index contributed by atoms with van der Waals surface area (Å²) in [5.74, 6) is 2.92. The van der Waals surface area contributed by atoms with Gasteiger partial charge < -0.3 is 15.0 Å². The minimum Gasteiger partial charge on any atom is -0.380 e. The van der Waals surface area contributed by atoms with E-state index in [0.29, 0.717) is 6.10 Å². The topological polar surface area (TPSA) is 50.3 Å². The maximum absolute atomic E-state index is 5.44. The second-order valence-corrected chi connectivity index (χ2v) is 4.91. The molecule has 0 saturated carbocycles. The fourth-order valence-electron chi connectivity index (χ4n) is 2.47. The summed E-state index contributed by atoms with van der Waals surface area (Å²) in [5.41, 5.74) is 1.14. The Balaban J connectivity index is 2.30. The van der Waals surface area contributed by atoms with Crippen molar-refractivity contribution in [3.05, 3.63) is 11.4 Å². The second-order valence-electron chi connectivity index (χ2n) is 4.91. The molecule has 1 unspecified atom stereocenters. The van der Waals surface area contributed by atoms with Gasteiger partial charge in [-0.1, -0.05) is 6.92 Å². The summed E-state index contributed by atoms with van der Waals surface area (Å²) in [4.78, 5) is 11.6. The van der Waals surface area contributed by atoms with Crippen molar-refractivity contribution in [1.82, 2.24) is 9.97 Å². The smallest absolute Gasteiger partial charge is 0.137 e. The van der Waals surface area contributed by atoms with Gasteiger partial charge in [0.15, 0.2) is 0 Å². The van der Waals surface area contributed by atoms with E-state index in [0.717, 1.165) is 55.5 Å². The Hall–Kier alpha value is -1.36. The van der Waals surface area contributed by atoms with Crippen molar-refractivity contribution in [1.29, 1.82) is 0 Å². The normalized spacial score (nSPS) is 18.9. The molecular weight excluding hydrogens is 240 g/mol. The Bertz CT molecular complexity index is 436. The van der Waals surface area contributed by atoms with E-state index < -0.39 is 0 Å². The number of aryl methyl sites for hydroxylation is 1. The molecule has 0 spiro atoms. The molecule has 19 heavy (non-hydrogen) atoms. The third-order valence-electron chi connectivity index (χ3n) is 3.60. The zero-order valence-electron chi connectivity index (χ0n) is 12.4. The average molecular weight is 264 g/mol. The predicted octanol–water partition coefficient (Wildman–Crippen LogP) is 2.00. The number of rotatable bonds is 5. The molecule has 5 heteroatoms. The maximum Gasteiger partial charge on any atom is 0.137 e. The number of hydrogen-bond acceptors (Lipinski definition) is 5. The Morgan fingerprint density at radius 3 is 2.74 bits per heavy atom. The van der Waals surface area contributed by atoms with Crippen LogP contribution in [0.5, 0.6) is 0 Å². The van der Waals surface area contributed by atoms with Crippen LogP contribution >= 0.6 is 0 Å². The Morgan fingerprint density at radius 2 is 2.16 bits per heavy atom. The summed E-state index contributed by atoms with van der Waals surface area (Å²) >= 11 is 0. The van der Waals surface area contributed by atoms with Gasteiger partial charge in [-0.05, 0) is 20.3 Å². The molecule has 0 aliphatic carbocycles. The lowest BCUT2D eigenvalue weighted by atomic mass is 10.2. The van der Waals surface area contributed by atoms with E-state index in [1.807, 2.05) is 0 Å². The predicted molar refractivity (Wildman–Crippen MR) is 77.9 cm³/mol. The van der Waals surface area contributed by atoms with Gasteiger partial charge in [0.1, 0.15) is 17.5 Å². The van der Waals surface area contributed by atoms with Crippen molar-refractivity contribution < 1.29 is 4.74 Å². The number of nitrogens with one attached hydrogen (secondary N) is 1. The van der Waals surface area contributed by atoms with Crippen molar-refractivity contribution in [2.45, 2.75) is 39.7 Å². The zero-order chi connectivity index (χ0) is 13.8. The number of aromatic nitrogens is 2. The molecule has 0 radical (unpaired) electrons. The molecule has 1 aliphatic heterocycles. The van der Waals surface area contributed by atoms with E-state index in [-0.39, 0.29) is 0 Å². The van der Waals surface area contributed by atoms with Crippen LogP contribution in [0.1, 0.15) is 31.7 Å². The van der Waals surface area contributed by atoms with Crippen molar-refractivity contribution in [3.63, 3.8) is 0 Å². The van der Waals surface area contributed by atoms with Gasteiger partial charge in [-0.3, -0.25) is 0 Å². The maximum atomic E-state index is 5.44. The minimum absolute atomic E-state index is 0.321. The lowest BCUT2D eigenvalue weighted by Gasteiger charge is -2.21. The largest absolute Gasteiger partial charge is 0.380 e. The average Bonchev–Trinajstić information content (AvgIpc) is 2.90. The van der Waals surface area contributed by atoms with Crippen LogP contribution in [0.2, 0.25) is 0 Å². The van der Waals surface area contributed by atoms with Crippen molar-refractivity contribution in [2.24, 2.45) is 0 Å². The molecule has 1 saturated heterocycles. The Labute approximate surface area is 115 Å². The molecule has 1 aromatic heterocycles. The summed E-state index contributed by atoms with van der Waals surface area (Å²) < 4.78 is 5.44. The first-order valence-corrected chi connectivity index (χ1v) is 7.08. The summed E-state index contributed by atoms with van der Waals surface area (Å²) in [6.45, 7) is 9.07. The molecule has 1 fully saturated rings. The van der Waals surface area contributed by atoms with E-state index in [1.54, 1.807) is 7.11 Å². The van der Waals surface area contributed by atoms with Crippen LogP contribution in [0.25, 0.3) is 0 Å². The van der Waals surface area contributed by atoms with Crippen LogP contribution in [0.4, 0.5) is 11.6 Å². The van der Waals surface area contributed by atoms with Gasteiger partial charge in [-0.25, -0.2) is 9.97 Å². The molecular formula is C14H24N4O. The summed E-state index contributed by atoms with van der Waals surface area (Å²) in [5, 5.41) is 3.33. The Kier molecular flexibility index (Phi) is 4.58. The van der Waals surface area contributed by atoms with Crippen molar-refractivity contribution >= 4 is 11.6 Å². The highest BCUT2D eigenvalue weighted by atomic mass is 16.5. The van der Waals surface area contributed by atoms with Gasteiger partial charge in [-0.2, -0.15) is 0 Å². The van der Waals surface area contributed by atoms with Crippen LogP contribution < -0.4 is 10.2 Å². The number of hydrogen-bond donors (Lipinski definition) is 1. The molecule has 2 rings (SSSR count). The van der Waals surface area contributed by atoms with Crippen LogP contribution in [0, 0.1) is 6.92 Å². The van der Waals surface area contributed by atoms with Gasteiger partial charge in [0.05, 0.1) is 6.10 Å². The van der Waals surface area contributed by atoms with E-state index in [2.05, 4.69) is 36.0 Å². The van der Waals surface area contributed by atoms with Crippen LogP contribution in [0.15, 0.2) is 0 Å². The first-order valence-electron chi connectivity index (χ1n) is 7.08. The molecule has 106 valence electrons. The van der Waals surface area contributed by atoms with Crippen LogP contribution in [0.3, 0.4) is 0 Å². The number of anilines is 2. The summed E-state index contributed by atoms with van der Waals surface area (Å²) in [6.07, 6.45) is 2.24. The zero-order valence-corrected chi connectivity index (χ0v) is 12.4. The highest BCUT2D eigenvalue weighted by molar-refractivity contribution is 5.59. The quantitative estimate of drug-likeness (QED) is 0.881. The van der Waals surface area contributed by atoms with E-state index in [4.69, 9.17) is 9.72 Å². The third-order valence-corrected chi connectivity index (χ3v) is 3.60. The molecule has 0 amide bonds. The highest BCUT2D eigenvalue weighted by Gasteiger charge is 2.25. The van der Waals surface area contributed by atoms with Gasteiger partial charge in [0.2, 0.25) is 0 Å². The lowest BCUT2D eigenvalue weighted by molar-refractivity contribution is 0.121. The molecule has 2 heterocycles. The first kappa shape index (κ1) is 14.1. The first-order chi connectivity index (χ1) is 9.19. The fraction of sp³-hybridized carbons (Fsp3) is 0.714. The fourth-order valence-corrected chi connectivity index (χ4v) is 2.47. The van der Waals surface area contributed by atoms with Gasteiger partial charge in [-0.15, -0.1) is 0 Å². The van der Waals surface area contributed by atoms with E-state index in [1.165, 1.54) is 0 Å².